The Balaban J connectivity index is 1.74. The summed E-state index contributed by atoms with van der Waals surface area (Å²) in [5.41, 5.74) is 3.17. The van der Waals surface area contributed by atoms with Gasteiger partial charge in [-0.15, -0.1) is 0 Å². The van der Waals surface area contributed by atoms with Crippen molar-refractivity contribution in [2.75, 3.05) is 20.2 Å². The largest absolute Gasteiger partial charge is 0.378 e. The molecule has 2 aromatic rings. The fraction of sp³-hybridized carbons (Fsp3) is 0.364. The molecule has 0 bridgehead atoms. The molecule has 5 nitrogen and oxygen atoms in total. The van der Waals surface area contributed by atoms with Crippen LogP contribution >= 0.6 is 0 Å². The molecule has 1 N–H and O–H groups in total. The molecule has 1 fully saturated rings. The average Bonchev–Trinajstić information content (AvgIpc) is 3.11. The quantitative estimate of drug-likeness (QED) is 0.887. The monoisotopic (exact) mass is 363 g/mol. The summed E-state index contributed by atoms with van der Waals surface area (Å²) in [4.78, 5) is 15.1. The Labute approximate surface area is 160 Å². The van der Waals surface area contributed by atoms with E-state index in [1.165, 1.54) is 0 Å². The van der Waals surface area contributed by atoms with Crippen molar-refractivity contribution < 1.29 is 9.53 Å². The van der Waals surface area contributed by atoms with Gasteiger partial charge in [0.25, 0.3) is 5.91 Å². The molecule has 140 valence electrons. The maximum Gasteiger partial charge on any atom is 0.251 e. The summed E-state index contributed by atoms with van der Waals surface area (Å²) in [5.74, 6) is -0.0943. The van der Waals surface area contributed by atoms with Crippen LogP contribution in [0.2, 0.25) is 0 Å². The first-order chi connectivity index (χ1) is 13.0. The predicted molar refractivity (Wildman–Crippen MR) is 105 cm³/mol. The van der Waals surface area contributed by atoms with Crippen molar-refractivity contribution in [1.82, 2.24) is 10.2 Å². The molecule has 0 unspecified atom stereocenters. The number of rotatable bonds is 5. The molecule has 0 aliphatic carbocycles. The van der Waals surface area contributed by atoms with E-state index in [9.17, 15) is 4.79 Å². The smallest absolute Gasteiger partial charge is 0.251 e. The van der Waals surface area contributed by atoms with Gasteiger partial charge in [-0.2, -0.15) is 5.26 Å². The van der Waals surface area contributed by atoms with Crippen LogP contribution in [0.1, 0.15) is 29.8 Å². The SMILES string of the molecule is CO[C@H]1CN(C(C)C)C[C@@H]1NC(=O)c1cccc(-c2ccc(C#N)cc2)c1. The molecule has 27 heavy (non-hydrogen) atoms. The minimum absolute atomic E-state index is 0.00180. The van der Waals surface area contributed by atoms with Gasteiger partial charge in [0.1, 0.15) is 0 Å². The van der Waals surface area contributed by atoms with E-state index < -0.39 is 0 Å². The second kappa shape index (κ2) is 8.34. The van der Waals surface area contributed by atoms with Crippen molar-refractivity contribution in [3.05, 3.63) is 59.7 Å². The molecule has 0 saturated carbocycles. The summed E-state index contributed by atoms with van der Waals surface area (Å²) in [6.07, 6.45) is -0.00180. The summed E-state index contributed by atoms with van der Waals surface area (Å²) in [6.45, 7) is 5.91. The molecule has 0 spiro atoms. The number of methoxy groups -OCH3 is 1. The fourth-order valence-electron chi connectivity index (χ4n) is 3.43. The molecule has 1 saturated heterocycles. The van der Waals surface area contributed by atoms with E-state index in [4.69, 9.17) is 10.00 Å². The number of hydrogen-bond donors (Lipinski definition) is 1. The number of nitriles is 1. The Morgan fingerprint density at radius 2 is 1.93 bits per heavy atom. The van der Waals surface area contributed by atoms with E-state index in [0.29, 0.717) is 17.2 Å². The van der Waals surface area contributed by atoms with Crippen molar-refractivity contribution in [3.63, 3.8) is 0 Å². The highest BCUT2D eigenvalue weighted by molar-refractivity contribution is 5.95. The Kier molecular flexibility index (Phi) is 5.90. The molecular weight excluding hydrogens is 338 g/mol. The van der Waals surface area contributed by atoms with Crippen LogP contribution in [0, 0.1) is 11.3 Å². The van der Waals surface area contributed by atoms with Gasteiger partial charge in [0.05, 0.1) is 23.8 Å². The molecule has 1 heterocycles. The number of ether oxygens (including phenoxy) is 1. The predicted octanol–water partition coefficient (Wildman–Crippen LogP) is 3.06. The van der Waals surface area contributed by atoms with Gasteiger partial charge in [-0.1, -0.05) is 24.3 Å². The first-order valence-electron chi connectivity index (χ1n) is 9.20. The lowest BCUT2D eigenvalue weighted by atomic mass is 10.0. The zero-order valence-electron chi connectivity index (χ0n) is 16.0. The van der Waals surface area contributed by atoms with E-state index in [0.717, 1.165) is 24.2 Å². The Morgan fingerprint density at radius 1 is 1.19 bits per heavy atom. The third-order valence-corrected chi connectivity index (χ3v) is 5.12. The minimum atomic E-state index is -0.0943. The second-order valence-corrected chi connectivity index (χ2v) is 7.17. The van der Waals surface area contributed by atoms with Gasteiger partial charge in [-0.05, 0) is 49.2 Å². The van der Waals surface area contributed by atoms with E-state index in [1.807, 2.05) is 36.4 Å². The number of hydrogen-bond acceptors (Lipinski definition) is 4. The third-order valence-electron chi connectivity index (χ3n) is 5.12. The molecule has 0 aromatic heterocycles. The van der Waals surface area contributed by atoms with Crippen LogP contribution in [0.3, 0.4) is 0 Å². The molecule has 1 amide bonds. The van der Waals surface area contributed by atoms with Crippen LogP contribution < -0.4 is 5.32 Å². The lowest BCUT2D eigenvalue weighted by molar-refractivity contribution is 0.0753. The lowest BCUT2D eigenvalue weighted by Gasteiger charge is -2.20. The third kappa shape index (κ3) is 4.36. The maximum absolute atomic E-state index is 12.8. The summed E-state index contributed by atoms with van der Waals surface area (Å²) in [6, 6.07) is 17.4. The number of likely N-dealkylation sites (tertiary alicyclic amines) is 1. The second-order valence-electron chi connectivity index (χ2n) is 7.17. The molecular formula is C22H25N3O2. The number of carbonyl (C=O) groups is 1. The summed E-state index contributed by atoms with van der Waals surface area (Å²) in [7, 11) is 1.69. The van der Waals surface area contributed by atoms with Gasteiger partial charge in [0.2, 0.25) is 0 Å². The van der Waals surface area contributed by atoms with Gasteiger partial charge < -0.3 is 10.1 Å². The van der Waals surface area contributed by atoms with Crippen LogP contribution in [-0.4, -0.2) is 49.2 Å². The normalized spacial score (nSPS) is 19.8. The van der Waals surface area contributed by atoms with Crippen molar-refractivity contribution in [3.8, 4) is 17.2 Å². The van der Waals surface area contributed by atoms with Crippen LogP contribution in [0.4, 0.5) is 0 Å². The standard InChI is InChI=1S/C22H25N3O2/c1-15(2)25-13-20(21(14-25)27-3)24-22(26)19-6-4-5-18(11-19)17-9-7-16(12-23)8-10-17/h4-11,15,20-21H,13-14H2,1-3H3,(H,24,26)/t20-,21-/m0/s1. The fourth-order valence-corrected chi connectivity index (χ4v) is 3.43. The molecule has 1 aliphatic heterocycles. The average molecular weight is 363 g/mol. The number of nitrogens with one attached hydrogen (secondary N) is 1. The van der Waals surface area contributed by atoms with Crippen LogP contribution in [0.5, 0.6) is 0 Å². The van der Waals surface area contributed by atoms with E-state index in [2.05, 4.69) is 30.1 Å². The molecule has 1 aliphatic rings. The van der Waals surface area contributed by atoms with Crippen molar-refractivity contribution in [1.29, 1.82) is 5.26 Å². The Morgan fingerprint density at radius 3 is 2.56 bits per heavy atom. The van der Waals surface area contributed by atoms with Crippen LogP contribution in [-0.2, 0) is 4.74 Å². The summed E-state index contributed by atoms with van der Waals surface area (Å²) >= 11 is 0. The highest BCUT2D eigenvalue weighted by atomic mass is 16.5. The first-order valence-corrected chi connectivity index (χ1v) is 9.20. The summed E-state index contributed by atoms with van der Waals surface area (Å²) < 4.78 is 5.57. The van der Waals surface area contributed by atoms with Crippen molar-refractivity contribution >= 4 is 5.91 Å². The van der Waals surface area contributed by atoms with Crippen LogP contribution in [0.15, 0.2) is 48.5 Å². The first kappa shape index (κ1) is 19.1. The molecule has 3 rings (SSSR count). The number of carbonyl (C=O) groups excluding carboxylic acids is 1. The van der Waals surface area contributed by atoms with Gasteiger partial charge in [-0.3, -0.25) is 9.69 Å². The molecule has 2 atom stereocenters. The lowest BCUT2D eigenvalue weighted by Crippen LogP contribution is -2.43. The minimum Gasteiger partial charge on any atom is -0.378 e. The van der Waals surface area contributed by atoms with E-state index >= 15 is 0 Å². The zero-order chi connectivity index (χ0) is 19.4. The number of benzene rings is 2. The highest BCUT2D eigenvalue weighted by Gasteiger charge is 2.35. The van der Waals surface area contributed by atoms with E-state index in [1.54, 1.807) is 19.2 Å². The van der Waals surface area contributed by atoms with Gasteiger partial charge in [0, 0.05) is 31.8 Å². The van der Waals surface area contributed by atoms with Crippen molar-refractivity contribution in [2.45, 2.75) is 32.0 Å². The van der Waals surface area contributed by atoms with Gasteiger partial charge in [-0.25, -0.2) is 0 Å². The number of amides is 1. The zero-order valence-corrected chi connectivity index (χ0v) is 16.0. The van der Waals surface area contributed by atoms with Gasteiger partial charge in [0.15, 0.2) is 0 Å². The summed E-state index contributed by atoms with van der Waals surface area (Å²) in [5, 5.41) is 12.1. The highest BCUT2D eigenvalue weighted by Crippen LogP contribution is 2.22. The molecule has 0 radical (unpaired) electrons. The Hall–Kier alpha value is -2.68. The Bertz CT molecular complexity index is 839. The molecule has 5 heteroatoms. The topological polar surface area (TPSA) is 65.4 Å². The maximum atomic E-state index is 12.8. The number of nitrogens with zero attached hydrogens (tertiary/aromatic N) is 2. The van der Waals surface area contributed by atoms with Gasteiger partial charge >= 0.3 is 0 Å². The van der Waals surface area contributed by atoms with Crippen LogP contribution in [0.25, 0.3) is 11.1 Å². The molecule has 2 aromatic carbocycles. The van der Waals surface area contributed by atoms with Crippen molar-refractivity contribution in [2.24, 2.45) is 0 Å². The van der Waals surface area contributed by atoms with E-state index in [-0.39, 0.29) is 18.1 Å².